The Bertz CT molecular complexity index is 625. The zero-order valence-electron chi connectivity index (χ0n) is 12.5. The fourth-order valence-corrected chi connectivity index (χ4v) is 2.30. The molecule has 0 radical (unpaired) electrons. The summed E-state index contributed by atoms with van der Waals surface area (Å²) in [4.78, 5) is 22.6. The van der Waals surface area contributed by atoms with Crippen molar-refractivity contribution in [3.63, 3.8) is 0 Å². The fraction of sp³-hybridized carbons (Fsp3) is 0.583. The molecule has 1 aromatic heterocycles. The molecular formula is C12H18N6O3S. The van der Waals surface area contributed by atoms with Crippen LogP contribution in [0.3, 0.4) is 0 Å². The van der Waals surface area contributed by atoms with Gasteiger partial charge in [0.2, 0.25) is 0 Å². The van der Waals surface area contributed by atoms with Gasteiger partial charge < -0.3 is 5.32 Å². The number of hydrazine groups is 1. The Balaban J connectivity index is 1.99. The van der Waals surface area contributed by atoms with Crippen molar-refractivity contribution in [1.29, 1.82) is 0 Å². The SMILES string of the molecule is Cc1nn(C(C)C(=O)NNC(=S)NC2CC2)c(C)c1[N+](=O)[O-]. The lowest BCUT2D eigenvalue weighted by Crippen LogP contribution is -2.49. The van der Waals surface area contributed by atoms with Crippen LogP contribution >= 0.6 is 12.2 Å². The van der Waals surface area contributed by atoms with Crippen molar-refractivity contribution in [1.82, 2.24) is 25.9 Å². The van der Waals surface area contributed by atoms with Crippen molar-refractivity contribution < 1.29 is 9.72 Å². The third-order valence-corrected chi connectivity index (χ3v) is 3.65. The first-order valence-corrected chi connectivity index (χ1v) is 7.28. The van der Waals surface area contributed by atoms with E-state index in [1.54, 1.807) is 20.8 Å². The number of carbonyl (C=O) groups is 1. The zero-order valence-corrected chi connectivity index (χ0v) is 13.4. The molecular weight excluding hydrogens is 308 g/mol. The van der Waals surface area contributed by atoms with Crippen LogP contribution < -0.4 is 16.2 Å². The summed E-state index contributed by atoms with van der Waals surface area (Å²) in [7, 11) is 0. The summed E-state index contributed by atoms with van der Waals surface area (Å²) in [6, 6.07) is -0.323. The number of rotatable bonds is 4. The summed E-state index contributed by atoms with van der Waals surface area (Å²) >= 11 is 5.03. The van der Waals surface area contributed by atoms with E-state index in [4.69, 9.17) is 12.2 Å². The van der Waals surface area contributed by atoms with Crippen molar-refractivity contribution in [2.45, 2.75) is 45.7 Å². The topological polar surface area (TPSA) is 114 Å². The Labute approximate surface area is 132 Å². The maximum absolute atomic E-state index is 12.1. The number of aryl methyl sites for hydroxylation is 1. The van der Waals surface area contributed by atoms with E-state index in [1.807, 2.05) is 0 Å². The number of nitrogens with one attached hydrogen (secondary N) is 3. The van der Waals surface area contributed by atoms with Crippen LogP contribution in [0.25, 0.3) is 0 Å². The van der Waals surface area contributed by atoms with Gasteiger partial charge in [-0.2, -0.15) is 5.10 Å². The number of thiocarbonyl (C=S) groups is 1. The molecule has 2 rings (SSSR count). The molecule has 1 aliphatic carbocycles. The van der Waals surface area contributed by atoms with Crippen LogP contribution in [-0.2, 0) is 4.79 Å². The van der Waals surface area contributed by atoms with E-state index in [0.29, 0.717) is 16.8 Å². The number of amides is 1. The van der Waals surface area contributed by atoms with Gasteiger partial charge in [0.25, 0.3) is 5.91 Å². The molecule has 10 heteroatoms. The van der Waals surface area contributed by atoms with Crippen LogP contribution in [0.2, 0.25) is 0 Å². The molecule has 1 amide bonds. The molecule has 0 aliphatic heterocycles. The first-order chi connectivity index (χ1) is 10.3. The van der Waals surface area contributed by atoms with E-state index >= 15 is 0 Å². The third kappa shape index (κ3) is 3.50. The van der Waals surface area contributed by atoms with Crippen LogP contribution in [0.15, 0.2) is 0 Å². The summed E-state index contributed by atoms with van der Waals surface area (Å²) in [5, 5.41) is 18.4. The van der Waals surface area contributed by atoms with Crippen LogP contribution in [0.4, 0.5) is 5.69 Å². The molecule has 1 atom stereocenters. The third-order valence-electron chi connectivity index (χ3n) is 3.43. The van der Waals surface area contributed by atoms with Gasteiger partial charge in [-0.25, -0.2) is 0 Å². The Hall–Kier alpha value is -2.23. The number of nitro groups is 1. The lowest BCUT2D eigenvalue weighted by molar-refractivity contribution is -0.386. The van der Waals surface area contributed by atoms with Gasteiger partial charge in [0.05, 0.1) is 4.92 Å². The smallest absolute Gasteiger partial charge is 0.312 e. The standard InChI is InChI=1S/C12H18N6O3S/c1-6-10(18(20)21)7(2)17(16-6)8(3)11(19)14-15-12(22)13-9-4-5-9/h8-9H,4-5H2,1-3H3,(H,14,19)(H2,13,15,22). The van der Waals surface area contributed by atoms with Crippen molar-refractivity contribution in [2.24, 2.45) is 0 Å². The lowest BCUT2D eigenvalue weighted by Gasteiger charge is -2.16. The highest BCUT2D eigenvalue weighted by Gasteiger charge is 2.27. The van der Waals surface area contributed by atoms with Crippen molar-refractivity contribution >= 4 is 28.9 Å². The lowest BCUT2D eigenvalue weighted by atomic mass is 10.3. The second kappa shape index (κ2) is 6.26. The number of aromatic nitrogens is 2. The molecule has 1 heterocycles. The van der Waals surface area contributed by atoms with Gasteiger partial charge in [0.1, 0.15) is 17.4 Å². The molecule has 1 aromatic rings. The predicted molar refractivity (Wildman–Crippen MR) is 83.1 cm³/mol. The van der Waals surface area contributed by atoms with Gasteiger partial charge in [-0.3, -0.25) is 30.4 Å². The maximum Gasteiger partial charge on any atom is 0.312 e. The molecule has 120 valence electrons. The molecule has 0 saturated heterocycles. The number of carbonyl (C=O) groups excluding carboxylic acids is 1. The number of nitrogens with zero attached hydrogens (tertiary/aromatic N) is 3. The van der Waals surface area contributed by atoms with E-state index in [-0.39, 0.29) is 17.3 Å². The molecule has 1 unspecified atom stereocenters. The first-order valence-electron chi connectivity index (χ1n) is 6.87. The van der Waals surface area contributed by atoms with E-state index in [0.717, 1.165) is 12.8 Å². The zero-order chi connectivity index (χ0) is 16.4. The Morgan fingerprint density at radius 2 is 2.09 bits per heavy atom. The monoisotopic (exact) mass is 326 g/mol. The van der Waals surface area contributed by atoms with Gasteiger partial charge in [0, 0.05) is 6.04 Å². The summed E-state index contributed by atoms with van der Waals surface area (Å²) in [6.07, 6.45) is 2.14. The molecule has 1 fully saturated rings. The minimum Gasteiger partial charge on any atom is -0.359 e. The van der Waals surface area contributed by atoms with E-state index in [1.165, 1.54) is 4.68 Å². The highest BCUT2D eigenvalue weighted by molar-refractivity contribution is 7.80. The normalized spacial score (nSPS) is 15.0. The van der Waals surface area contributed by atoms with Gasteiger partial charge in [-0.1, -0.05) is 0 Å². The molecule has 3 N–H and O–H groups in total. The van der Waals surface area contributed by atoms with Crippen LogP contribution in [-0.4, -0.2) is 31.8 Å². The number of hydrogen-bond acceptors (Lipinski definition) is 5. The van der Waals surface area contributed by atoms with E-state index in [9.17, 15) is 14.9 Å². The highest BCUT2D eigenvalue weighted by Crippen LogP contribution is 2.24. The Kier molecular flexibility index (Phi) is 4.59. The molecule has 0 bridgehead atoms. The summed E-state index contributed by atoms with van der Waals surface area (Å²) in [5.41, 5.74) is 5.63. The Morgan fingerprint density at radius 1 is 1.45 bits per heavy atom. The summed E-state index contributed by atoms with van der Waals surface area (Å²) in [6.45, 7) is 4.71. The van der Waals surface area contributed by atoms with Crippen LogP contribution in [0, 0.1) is 24.0 Å². The van der Waals surface area contributed by atoms with E-state index in [2.05, 4.69) is 21.3 Å². The Morgan fingerprint density at radius 3 is 2.59 bits per heavy atom. The average Bonchev–Trinajstić information content (AvgIpc) is 3.19. The van der Waals surface area contributed by atoms with Gasteiger partial charge in [0.15, 0.2) is 5.11 Å². The highest BCUT2D eigenvalue weighted by atomic mass is 32.1. The second-order valence-corrected chi connectivity index (χ2v) is 5.67. The summed E-state index contributed by atoms with van der Waals surface area (Å²) in [5.74, 6) is -0.388. The average molecular weight is 326 g/mol. The number of hydrogen-bond donors (Lipinski definition) is 3. The molecule has 0 spiro atoms. The van der Waals surface area contributed by atoms with Gasteiger partial charge in [-0.05, 0) is 45.8 Å². The fourth-order valence-electron chi connectivity index (χ4n) is 2.08. The minimum atomic E-state index is -0.705. The second-order valence-electron chi connectivity index (χ2n) is 5.26. The molecule has 1 saturated carbocycles. The van der Waals surface area contributed by atoms with Gasteiger partial charge >= 0.3 is 5.69 Å². The molecule has 1 aliphatic rings. The van der Waals surface area contributed by atoms with Crippen molar-refractivity contribution in [3.05, 3.63) is 21.5 Å². The largest absolute Gasteiger partial charge is 0.359 e. The van der Waals surface area contributed by atoms with Crippen molar-refractivity contribution in [2.75, 3.05) is 0 Å². The molecule has 0 aromatic carbocycles. The van der Waals surface area contributed by atoms with Crippen LogP contribution in [0.1, 0.15) is 37.2 Å². The predicted octanol–water partition coefficient (Wildman–Crippen LogP) is 0.627. The molecule has 9 nitrogen and oxygen atoms in total. The first kappa shape index (κ1) is 16.1. The molecule has 22 heavy (non-hydrogen) atoms. The summed E-state index contributed by atoms with van der Waals surface area (Å²) < 4.78 is 1.34. The maximum atomic E-state index is 12.1. The van der Waals surface area contributed by atoms with Crippen molar-refractivity contribution in [3.8, 4) is 0 Å². The quantitative estimate of drug-likeness (QED) is 0.422. The minimum absolute atomic E-state index is 0.0708. The van der Waals surface area contributed by atoms with Gasteiger partial charge in [-0.15, -0.1) is 0 Å². The van der Waals surface area contributed by atoms with E-state index < -0.39 is 11.0 Å². The van der Waals surface area contributed by atoms with Crippen LogP contribution in [0.5, 0.6) is 0 Å².